The molecule has 66 valence electrons. The van der Waals surface area contributed by atoms with Crippen molar-refractivity contribution in [3.05, 3.63) is 0 Å². The van der Waals surface area contributed by atoms with Crippen molar-refractivity contribution in [3.63, 3.8) is 0 Å². The SMILES string of the molecule is NCCCOCC1CCCC1. The Kier molecular flexibility index (Phi) is 4.55. The van der Waals surface area contributed by atoms with E-state index < -0.39 is 0 Å². The summed E-state index contributed by atoms with van der Waals surface area (Å²) in [5.74, 6) is 0.854. The zero-order chi connectivity index (χ0) is 7.94. The van der Waals surface area contributed by atoms with Crippen LogP contribution in [0.5, 0.6) is 0 Å². The lowest BCUT2D eigenvalue weighted by Crippen LogP contribution is -2.09. The molecule has 0 saturated heterocycles. The molecule has 1 aliphatic carbocycles. The van der Waals surface area contributed by atoms with E-state index in [-0.39, 0.29) is 0 Å². The Bertz CT molecular complexity index is 89.6. The van der Waals surface area contributed by atoms with Gasteiger partial charge in [-0.05, 0) is 31.7 Å². The second kappa shape index (κ2) is 5.56. The molecule has 2 nitrogen and oxygen atoms in total. The fourth-order valence-corrected chi connectivity index (χ4v) is 1.61. The van der Waals surface area contributed by atoms with E-state index in [0.29, 0.717) is 0 Å². The molecule has 1 saturated carbocycles. The van der Waals surface area contributed by atoms with Gasteiger partial charge in [0.15, 0.2) is 0 Å². The van der Waals surface area contributed by atoms with E-state index in [2.05, 4.69) is 0 Å². The van der Waals surface area contributed by atoms with Crippen LogP contribution in [0.25, 0.3) is 0 Å². The Morgan fingerprint density at radius 1 is 1.27 bits per heavy atom. The van der Waals surface area contributed by atoms with Gasteiger partial charge >= 0.3 is 0 Å². The summed E-state index contributed by atoms with van der Waals surface area (Å²) in [6.07, 6.45) is 6.58. The summed E-state index contributed by atoms with van der Waals surface area (Å²) in [6, 6.07) is 0. The number of nitrogens with two attached hydrogens (primary N) is 1. The molecule has 0 aliphatic heterocycles. The summed E-state index contributed by atoms with van der Waals surface area (Å²) in [6.45, 7) is 2.58. The normalized spacial score (nSPS) is 19.4. The molecule has 0 atom stereocenters. The Morgan fingerprint density at radius 3 is 2.64 bits per heavy atom. The van der Waals surface area contributed by atoms with Crippen molar-refractivity contribution in [2.24, 2.45) is 11.7 Å². The second-order valence-electron chi connectivity index (χ2n) is 3.37. The molecule has 0 aromatic heterocycles. The van der Waals surface area contributed by atoms with E-state index in [0.717, 1.165) is 32.1 Å². The first-order valence-electron chi connectivity index (χ1n) is 4.71. The minimum Gasteiger partial charge on any atom is -0.381 e. The highest BCUT2D eigenvalue weighted by Crippen LogP contribution is 2.24. The number of hydrogen-bond donors (Lipinski definition) is 1. The summed E-state index contributed by atoms with van der Waals surface area (Å²) < 4.78 is 5.48. The molecule has 11 heavy (non-hydrogen) atoms. The largest absolute Gasteiger partial charge is 0.381 e. The Labute approximate surface area is 69.1 Å². The lowest BCUT2D eigenvalue weighted by Gasteiger charge is -2.08. The zero-order valence-corrected chi connectivity index (χ0v) is 7.22. The van der Waals surface area contributed by atoms with Crippen LogP contribution in [0.2, 0.25) is 0 Å². The topological polar surface area (TPSA) is 35.2 Å². The fraction of sp³-hybridized carbons (Fsp3) is 1.00. The summed E-state index contributed by atoms with van der Waals surface area (Å²) in [4.78, 5) is 0. The molecular weight excluding hydrogens is 138 g/mol. The maximum absolute atomic E-state index is 5.48. The van der Waals surface area contributed by atoms with Gasteiger partial charge in [0.2, 0.25) is 0 Å². The van der Waals surface area contributed by atoms with Crippen LogP contribution in [0.1, 0.15) is 32.1 Å². The van der Waals surface area contributed by atoms with Gasteiger partial charge in [-0.3, -0.25) is 0 Å². The lowest BCUT2D eigenvalue weighted by atomic mass is 10.1. The van der Waals surface area contributed by atoms with E-state index >= 15 is 0 Å². The maximum Gasteiger partial charge on any atom is 0.0494 e. The molecule has 0 amide bonds. The highest BCUT2D eigenvalue weighted by atomic mass is 16.5. The predicted octanol–water partition coefficient (Wildman–Crippen LogP) is 1.54. The highest BCUT2D eigenvalue weighted by Gasteiger charge is 2.14. The Hall–Kier alpha value is -0.0800. The predicted molar refractivity (Wildman–Crippen MR) is 46.4 cm³/mol. The highest BCUT2D eigenvalue weighted by molar-refractivity contribution is 4.66. The van der Waals surface area contributed by atoms with E-state index in [1.807, 2.05) is 0 Å². The monoisotopic (exact) mass is 157 g/mol. The first kappa shape index (κ1) is 9.01. The van der Waals surface area contributed by atoms with Gasteiger partial charge < -0.3 is 10.5 Å². The van der Waals surface area contributed by atoms with Gasteiger partial charge in [-0.15, -0.1) is 0 Å². The molecule has 1 fully saturated rings. The van der Waals surface area contributed by atoms with Crippen molar-refractivity contribution >= 4 is 0 Å². The van der Waals surface area contributed by atoms with Crippen molar-refractivity contribution in [2.45, 2.75) is 32.1 Å². The molecule has 0 aromatic rings. The van der Waals surface area contributed by atoms with E-state index in [9.17, 15) is 0 Å². The fourth-order valence-electron chi connectivity index (χ4n) is 1.61. The van der Waals surface area contributed by atoms with Gasteiger partial charge in [-0.1, -0.05) is 12.8 Å². The molecule has 0 spiro atoms. The lowest BCUT2D eigenvalue weighted by molar-refractivity contribution is 0.101. The molecule has 0 heterocycles. The molecule has 0 bridgehead atoms. The van der Waals surface area contributed by atoms with Gasteiger partial charge in [0, 0.05) is 13.2 Å². The van der Waals surface area contributed by atoms with Crippen molar-refractivity contribution in [1.29, 1.82) is 0 Å². The van der Waals surface area contributed by atoms with Crippen LogP contribution in [-0.4, -0.2) is 19.8 Å². The maximum atomic E-state index is 5.48. The minimum absolute atomic E-state index is 0.755. The van der Waals surface area contributed by atoms with Crippen LogP contribution >= 0.6 is 0 Å². The third-order valence-corrected chi connectivity index (χ3v) is 2.32. The van der Waals surface area contributed by atoms with Crippen LogP contribution in [0.15, 0.2) is 0 Å². The van der Waals surface area contributed by atoms with E-state index in [1.165, 1.54) is 25.7 Å². The average molecular weight is 157 g/mol. The first-order chi connectivity index (χ1) is 5.43. The van der Waals surface area contributed by atoms with Crippen LogP contribution in [-0.2, 0) is 4.74 Å². The van der Waals surface area contributed by atoms with Gasteiger partial charge in [0.1, 0.15) is 0 Å². The summed E-state index contributed by atoms with van der Waals surface area (Å²) in [5, 5.41) is 0. The summed E-state index contributed by atoms with van der Waals surface area (Å²) in [7, 11) is 0. The number of ether oxygens (including phenoxy) is 1. The van der Waals surface area contributed by atoms with Crippen LogP contribution in [0.3, 0.4) is 0 Å². The van der Waals surface area contributed by atoms with Crippen LogP contribution in [0.4, 0.5) is 0 Å². The quantitative estimate of drug-likeness (QED) is 0.614. The van der Waals surface area contributed by atoms with E-state index in [4.69, 9.17) is 10.5 Å². The number of rotatable bonds is 5. The summed E-state index contributed by atoms with van der Waals surface area (Å²) in [5.41, 5.74) is 5.34. The van der Waals surface area contributed by atoms with Crippen molar-refractivity contribution in [1.82, 2.24) is 0 Å². The van der Waals surface area contributed by atoms with Crippen molar-refractivity contribution in [2.75, 3.05) is 19.8 Å². The first-order valence-corrected chi connectivity index (χ1v) is 4.71. The molecule has 0 unspecified atom stereocenters. The molecular formula is C9H19NO. The molecule has 0 radical (unpaired) electrons. The molecule has 2 heteroatoms. The van der Waals surface area contributed by atoms with Crippen LogP contribution < -0.4 is 5.73 Å². The van der Waals surface area contributed by atoms with Crippen LogP contribution in [0, 0.1) is 5.92 Å². The number of hydrogen-bond acceptors (Lipinski definition) is 2. The van der Waals surface area contributed by atoms with Gasteiger partial charge in [0.05, 0.1) is 0 Å². The Morgan fingerprint density at radius 2 is 2.00 bits per heavy atom. The zero-order valence-electron chi connectivity index (χ0n) is 7.22. The molecule has 1 rings (SSSR count). The molecule has 1 aliphatic rings. The standard InChI is InChI=1S/C9H19NO/c10-6-3-7-11-8-9-4-1-2-5-9/h9H,1-8,10H2. The molecule has 0 aromatic carbocycles. The second-order valence-corrected chi connectivity index (χ2v) is 3.37. The van der Waals surface area contributed by atoms with Crippen molar-refractivity contribution in [3.8, 4) is 0 Å². The molecule has 2 N–H and O–H groups in total. The Balaban J connectivity index is 1.86. The smallest absolute Gasteiger partial charge is 0.0494 e. The van der Waals surface area contributed by atoms with Gasteiger partial charge in [-0.25, -0.2) is 0 Å². The van der Waals surface area contributed by atoms with Gasteiger partial charge in [0.25, 0.3) is 0 Å². The van der Waals surface area contributed by atoms with Crippen molar-refractivity contribution < 1.29 is 4.74 Å². The summed E-state index contributed by atoms with van der Waals surface area (Å²) >= 11 is 0. The van der Waals surface area contributed by atoms with Gasteiger partial charge in [-0.2, -0.15) is 0 Å². The third kappa shape index (κ3) is 3.73. The average Bonchev–Trinajstić information content (AvgIpc) is 2.50. The minimum atomic E-state index is 0.755. The van der Waals surface area contributed by atoms with E-state index in [1.54, 1.807) is 0 Å². The third-order valence-electron chi connectivity index (χ3n) is 2.32.